The van der Waals surface area contributed by atoms with E-state index < -0.39 is 0 Å². The average Bonchev–Trinajstić information content (AvgIpc) is 3.23. The molecule has 0 N–H and O–H groups in total. The van der Waals surface area contributed by atoms with Crippen LogP contribution in [0.5, 0.6) is 0 Å². The van der Waals surface area contributed by atoms with Crippen LogP contribution in [0.15, 0.2) is 77.3 Å². The quantitative estimate of drug-likeness (QED) is 0.288. The number of aryl methyl sites for hydroxylation is 2. The highest BCUT2D eigenvalue weighted by atomic mass is 32.1. The topological polar surface area (TPSA) is 17.0 Å². The number of pyridine rings is 1. The fourth-order valence-electron chi connectivity index (χ4n) is 4.33. The Labute approximate surface area is 166 Å². The summed E-state index contributed by atoms with van der Waals surface area (Å²) in [6.07, 6.45) is 2.12. The van der Waals surface area contributed by atoms with Crippen LogP contribution in [0.2, 0.25) is 0 Å². The molecule has 0 saturated heterocycles. The highest BCUT2D eigenvalue weighted by molar-refractivity contribution is 7.19. The van der Waals surface area contributed by atoms with Crippen LogP contribution in [0.1, 0.15) is 4.88 Å². The van der Waals surface area contributed by atoms with E-state index in [0.29, 0.717) is 0 Å². The van der Waals surface area contributed by atoms with E-state index >= 15 is 0 Å². The second-order valence-electron chi connectivity index (χ2n) is 7.34. The number of aromatic nitrogens is 1. The van der Waals surface area contributed by atoms with Crippen molar-refractivity contribution in [1.82, 2.24) is 0 Å². The molecule has 0 saturated carbocycles. The van der Waals surface area contributed by atoms with E-state index in [1.54, 1.807) is 0 Å². The van der Waals surface area contributed by atoms with E-state index in [4.69, 9.17) is 4.42 Å². The molecule has 0 fully saturated rings. The normalized spacial score (nSPS) is 11.9. The number of nitrogens with zero attached hydrogens (tertiary/aromatic N) is 1. The van der Waals surface area contributed by atoms with Crippen molar-refractivity contribution < 1.29 is 8.98 Å². The molecule has 0 bridgehead atoms. The van der Waals surface area contributed by atoms with Crippen LogP contribution < -0.4 is 4.57 Å². The van der Waals surface area contributed by atoms with Gasteiger partial charge in [-0.25, -0.2) is 0 Å². The maximum absolute atomic E-state index is 6.32. The van der Waals surface area contributed by atoms with Gasteiger partial charge in [0, 0.05) is 37.2 Å². The minimum absolute atomic E-state index is 0.926. The van der Waals surface area contributed by atoms with Crippen molar-refractivity contribution in [1.29, 1.82) is 0 Å². The number of furan rings is 1. The largest absolute Gasteiger partial charge is 0.449 e. The minimum Gasteiger partial charge on any atom is -0.449 e. The van der Waals surface area contributed by atoms with Crippen LogP contribution in [-0.4, -0.2) is 0 Å². The van der Waals surface area contributed by atoms with E-state index in [2.05, 4.69) is 91.5 Å². The van der Waals surface area contributed by atoms with Gasteiger partial charge in [0.1, 0.15) is 12.6 Å². The van der Waals surface area contributed by atoms with Crippen LogP contribution in [0.3, 0.4) is 0 Å². The average molecular weight is 380 g/mol. The Bertz CT molecular complexity index is 1540. The summed E-state index contributed by atoms with van der Waals surface area (Å²) in [5.74, 6) is 0. The Balaban J connectivity index is 1.72. The Morgan fingerprint density at radius 3 is 2.50 bits per heavy atom. The lowest BCUT2D eigenvalue weighted by Crippen LogP contribution is -2.30. The summed E-state index contributed by atoms with van der Waals surface area (Å²) in [6, 6.07) is 23.7. The summed E-state index contributed by atoms with van der Waals surface area (Å²) in [7, 11) is 2.10. The molecule has 3 heteroatoms. The Hall–Kier alpha value is -3.17. The van der Waals surface area contributed by atoms with Crippen LogP contribution in [0.25, 0.3) is 54.1 Å². The SMILES string of the molecule is Cc1sc2ccccc2c1-c1cc2c(c[n+]1C)oc1c3ccccc3ccc21. The predicted molar refractivity (Wildman–Crippen MR) is 118 cm³/mol. The van der Waals surface area contributed by atoms with Gasteiger partial charge in [-0.1, -0.05) is 48.5 Å². The second kappa shape index (κ2) is 5.66. The van der Waals surface area contributed by atoms with E-state index in [0.717, 1.165) is 16.6 Å². The number of fused-ring (bicyclic) bond motifs is 6. The van der Waals surface area contributed by atoms with Gasteiger partial charge in [-0.3, -0.25) is 0 Å². The van der Waals surface area contributed by atoms with Crippen LogP contribution in [0, 0.1) is 6.92 Å². The second-order valence-corrected chi connectivity index (χ2v) is 8.60. The molecule has 3 aromatic heterocycles. The predicted octanol–water partition coefficient (Wildman–Crippen LogP) is 6.75. The van der Waals surface area contributed by atoms with E-state index in [9.17, 15) is 0 Å². The molecule has 6 rings (SSSR count). The zero-order chi connectivity index (χ0) is 18.8. The minimum atomic E-state index is 0.926. The van der Waals surface area contributed by atoms with Gasteiger partial charge in [0.15, 0.2) is 5.58 Å². The maximum Gasteiger partial charge on any atom is 0.214 e. The van der Waals surface area contributed by atoms with Gasteiger partial charge in [-0.15, -0.1) is 11.3 Å². The first-order chi connectivity index (χ1) is 13.7. The van der Waals surface area contributed by atoms with Gasteiger partial charge in [0.2, 0.25) is 11.9 Å². The lowest BCUT2D eigenvalue weighted by molar-refractivity contribution is -0.659. The first kappa shape index (κ1) is 15.8. The Morgan fingerprint density at radius 1 is 0.821 bits per heavy atom. The monoisotopic (exact) mass is 380 g/mol. The Morgan fingerprint density at radius 2 is 1.61 bits per heavy atom. The molecule has 0 aliphatic heterocycles. The highest BCUT2D eigenvalue weighted by Crippen LogP contribution is 2.39. The summed E-state index contributed by atoms with van der Waals surface area (Å²) >= 11 is 1.86. The lowest BCUT2D eigenvalue weighted by atomic mass is 10.0. The molecule has 3 heterocycles. The van der Waals surface area contributed by atoms with Crippen molar-refractivity contribution in [2.75, 3.05) is 0 Å². The summed E-state index contributed by atoms with van der Waals surface area (Å²) < 4.78 is 9.84. The molecule has 0 amide bonds. The van der Waals surface area contributed by atoms with E-state index in [-0.39, 0.29) is 0 Å². The van der Waals surface area contributed by atoms with E-state index in [1.807, 2.05) is 11.3 Å². The van der Waals surface area contributed by atoms with Crippen molar-refractivity contribution in [2.24, 2.45) is 7.05 Å². The third-order valence-electron chi connectivity index (χ3n) is 5.65. The molecule has 0 spiro atoms. The first-order valence-corrected chi connectivity index (χ1v) is 10.2. The number of benzene rings is 3. The summed E-state index contributed by atoms with van der Waals surface area (Å²) in [4.78, 5) is 1.34. The van der Waals surface area contributed by atoms with Crippen LogP contribution in [-0.2, 0) is 7.05 Å². The Kier molecular flexibility index (Phi) is 3.21. The summed E-state index contributed by atoms with van der Waals surface area (Å²) in [5, 5.41) is 6.03. The molecule has 0 aliphatic carbocycles. The van der Waals surface area contributed by atoms with Gasteiger partial charge >= 0.3 is 0 Å². The lowest BCUT2D eigenvalue weighted by Gasteiger charge is -2.01. The van der Waals surface area contributed by atoms with Crippen LogP contribution >= 0.6 is 11.3 Å². The molecule has 0 unspecified atom stereocenters. The number of hydrogen-bond donors (Lipinski definition) is 0. The van der Waals surface area contributed by atoms with Gasteiger partial charge in [-0.2, -0.15) is 4.57 Å². The smallest absolute Gasteiger partial charge is 0.214 e. The summed E-state index contributed by atoms with van der Waals surface area (Å²) in [6.45, 7) is 2.21. The zero-order valence-corrected chi connectivity index (χ0v) is 16.5. The first-order valence-electron chi connectivity index (χ1n) is 9.43. The number of thiophene rings is 1. The van der Waals surface area contributed by atoms with Crippen molar-refractivity contribution in [3.05, 3.63) is 77.8 Å². The van der Waals surface area contributed by atoms with Gasteiger partial charge in [0.25, 0.3) is 0 Å². The maximum atomic E-state index is 6.32. The molecule has 2 nitrogen and oxygen atoms in total. The fourth-order valence-corrected chi connectivity index (χ4v) is 5.40. The molecule has 0 aliphatic rings. The molecule has 6 aromatic rings. The number of rotatable bonds is 1. The zero-order valence-electron chi connectivity index (χ0n) is 15.7. The van der Waals surface area contributed by atoms with Gasteiger partial charge in [-0.05, 0) is 24.4 Å². The number of hydrogen-bond acceptors (Lipinski definition) is 2. The van der Waals surface area contributed by atoms with E-state index in [1.165, 1.54) is 42.4 Å². The fraction of sp³-hybridized carbons (Fsp3) is 0.0800. The molecule has 0 radical (unpaired) electrons. The third-order valence-corrected chi connectivity index (χ3v) is 6.73. The highest BCUT2D eigenvalue weighted by Gasteiger charge is 2.22. The molecular weight excluding hydrogens is 362 g/mol. The van der Waals surface area contributed by atoms with Crippen molar-refractivity contribution in [3.63, 3.8) is 0 Å². The van der Waals surface area contributed by atoms with Crippen molar-refractivity contribution >= 4 is 54.1 Å². The summed E-state index contributed by atoms with van der Waals surface area (Å²) in [5.41, 5.74) is 4.44. The molecule has 134 valence electrons. The standard InChI is InChI=1S/C25H18NOS/c1-15-24(19-9-5-6-10-23(19)28-15)21-13-20-18-12-11-16-7-3-4-8-17(16)25(18)27-22(20)14-26(21)2/h3-14H,1-2H3/q+1. The molecular formula is C25H18NOS+. The molecule has 0 atom stereocenters. The van der Waals surface area contributed by atoms with Crippen molar-refractivity contribution in [2.45, 2.75) is 6.92 Å². The third kappa shape index (κ3) is 2.11. The van der Waals surface area contributed by atoms with Crippen molar-refractivity contribution in [3.8, 4) is 11.3 Å². The van der Waals surface area contributed by atoms with Crippen LogP contribution in [0.4, 0.5) is 0 Å². The van der Waals surface area contributed by atoms with Gasteiger partial charge in [0.05, 0.1) is 5.56 Å². The molecule has 3 aromatic carbocycles. The molecule has 28 heavy (non-hydrogen) atoms. The van der Waals surface area contributed by atoms with Gasteiger partial charge < -0.3 is 4.42 Å².